The third-order valence-electron chi connectivity index (χ3n) is 4.22. The lowest BCUT2D eigenvalue weighted by Gasteiger charge is -2.38. The molecule has 1 aliphatic rings. The highest BCUT2D eigenvalue weighted by molar-refractivity contribution is 4.74. The highest BCUT2D eigenvalue weighted by atomic mass is 16.5. The van der Waals surface area contributed by atoms with E-state index in [0.717, 1.165) is 39.0 Å². The molecule has 0 unspecified atom stereocenters. The Labute approximate surface area is 130 Å². The smallest absolute Gasteiger partial charge is 0.224 e. The first kappa shape index (κ1) is 18.9. The van der Waals surface area contributed by atoms with Crippen LogP contribution in [0.4, 0.5) is 0 Å². The lowest BCUT2D eigenvalue weighted by molar-refractivity contribution is -0.278. The van der Waals surface area contributed by atoms with Crippen molar-refractivity contribution in [2.75, 3.05) is 19.7 Å². The summed E-state index contributed by atoms with van der Waals surface area (Å²) in [6.45, 7) is 6.69. The maximum absolute atomic E-state index is 9.87. The molecule has 0 aromatic carbocycles. The molecule has 1 fully saturated rings. The van der Waals surface area contributed by atoms with Gasteiger partial charge in [-0.15, -0.1) is 0 Å². The van der Waals surface area contributed by atoms with Crippen LogP contribution in [0.15, 0.2) is 0 Å². The fraction of sp³-hybridized carbons (Fsp3) is 1.00. The SMILES string of the molecule is CC(C)OCCCCCCCCCN1CCCCC1(O)O. The van der Waals surface area contributed by atoms with E-state index < -0.39 is 5.91 Å². The van der Waals surface area contributed by atoms with Gasteiger partial charge >= 0.3 is 0 Å². The molecule has 21 heavy (non-hydrogen) atoms. The summed E-state index contributed by atoms with van der Waals surface area (Å²) in [7, 11) is 0. The van der Waals surface area contributed by atoms with Crippen LogP contribution in [-0.4, -0.2) is 46.8 Å². The number of nitrogens with zero attached hydrogens (tertiary/aromatic N) is 1. The van der Waals surface area contributed by atoms with Gasteiger partial charge in [0.1, 0.15) is 0 Å². The second-order valence-electron chi connectivity index (χ2n) is 6.61. The van der Waals surface area contributed by atoms with Gasteiger partial charge in [0.05, 0.1) is 6.10 Å². The van der Waals surface area contributed by atoms with Crippen LogP contribution < -0.4 is 0 Å². The van der Waals surface area contributed by atoms with Gasteiger partial charge in [0.15, 0.2) is 0 Å². The quantitative estimate of drug-likeness (QED) is 0.454. The van der Waals surface area contributed by atoms with Crippen LogP contribution in [0.2, 0.25) is 0 Å². The molecule has 1 aliphatic heterocycles. The topological polar surface area (TPSA) is 52.9 Å². The Morgan fingerprint density at radius 1 is 0.952 bits per heavy atom. The molecule has 4 heteroatoms. The highest BCUT2D eigenvalue weighted by Gasteiger charge is 2.33. The second kappa shape index (κ2) is 10.5. The number of piperidine rings is 1. The number of hydrogen-bond donors (Lipinski definition) is 2. The standard InChI is InChI=1S/C17H35NO3/c1-16(2)21-15-11-7-5-3-4-6-9-13-18-14-10-8-12-17(18,19)20/h16,19-20H,3-15H2,1-2H3. The second-order valence-corrected chi connectivity index (χ2v) is 6.61. The first-order valence-corrected chi connectivity index (χ1v) is 8.84. The summed E-state index contributed by atoms with van der Waals surface area (Å²) in [4.78, 5) is 1.83. The van der Waals surface area contributed by atoms with E-state index in [2.05, 4.69) is 13.8 Å². The van der Waals surface area contributed by atoms with Crippen LogP contribution in [0.1, 0.15) is 78.1 Å². The van der Waals surface area contributed by atoms with Gasteiger partial charge in [-0.1, -0.05) is 32.1 Å². The predicted molar refractivity (Wildman–Crippen MR) is 86.0 cm³/mol. The number of ether oxygens (including phenoxy) is 1. The van der Waals surface area contributed by atoms with Crippen LogP contribution in [0.3, 0.4) is 0 Å². The van der Waals surface area contributed by atoms with Crippen molar-refractivity contribution in [3.8, 4) is 0 Å². The molecule has 0 radical (unpaired) electrons. The van der Waals surface area contributed by atoms with E-state index in [9.17, 15) is 10.2 Å². The zero-order chi connectivity index (χ0) is 15.6. The van der Waals surface area contributed by atoms with Crippen molar-refractivity contribution in [1.29, 1.82) is 0 Å². The average molecular weight is 301 g/mol. The molecule has 0 aromatic heterocycles. The lowest BCUT2D eigenvalue weighted by atomic mass is 10.1. The van der Waals surface area contributed by atoms with Gasteiger partial charge in [-0.3, -0.25) is 4.90 Å². The Morgan fingerprint density at radius 3 is 2.19 bits per heavy atom. The maximum Gasteiger partial charge on any atom is 0.224 e. The Hall–Kier alpha value is -0.160. The molecule has 0 atom stereocenters. The molecule has 0 bridgehead atoms. The highest BCUT2D eigenvalue weighted by Crippen LogP contribution is 2.23. The van der Waals surface area contributed by atoms with E-state index >= 15 is 0 Å². The van der Waals surface area contributed by atoms with Crippen LogP contribution in [0, 0.1) is 0 Å². The van der Waals surface area contributed by atoms with Crippen LogP contribution >= 0.6 is 0 Å². The summed E-state index contributed by atoms with van der Waals surface area (Å²) in [5.74, 6) is -1.55. The Morgan fingerprint density at radius 2 is 1.57 bits per heavy atom. The number of hydrogen-bond acceptors (Lipinski definition) is 4. The fourth-order valence-corrected chi connectivity index (χ4v) is 2.90. The van der Waals surface area contributed by atoms with E-state index in [1.807, 2.05) is 4.90 Å². The molecule has 2 N–H and O–H groups in total. The minimum absolute atomic E-state index is 0.352. The first-order valence-electron chi connectivity index (χ1n) is 8.84. The molecular formula is C17H35NO3. The molecule has 1 saturated heterocycles. The van der Waals surface area contributed by atoms with Gasteiger partial charge in [0, 0.05) is 26.1 Å². The van der Waals surface area contributed by atoms with Gasteiger partial charge < -0.3 is 14.9 Å². The molecule has 1 heterocycles. The number of aliphatic hydroxyl groups is 2. The third-order valence-corrected chi connectivity index (χ3v) is 4.22. The summed E-state index contributed by atoms with van der Waals surface area (Å²) in [6, 6.07) is 0. The van der Waals surface area contributed by atoms with Crippen molar-refractivity contribution in [1.82, 2.24) is 4.90 Å². The predicted octanol–water partition coefficient (Wildman–Crippen LogP) is 3.27. The number of unbranched alkanes of at least 4 members (excludes halogenated alkanes) is 6. The van der Waals surface area contributed by atoms with Crippen molar-refractivity contribution in [3.05, 3.63) is 0 Å². The number of likely N-dealkylation sites (tertiary alicyclic amines) is 1. The molecule has 0 aliphatic carbocycles. The zero-order valence-corrected chi connectivity index (χ0v) is 14.0. The Bertz CT molecular complexity index is 256. The average Bonchev–Trinajstić information content (AvgIpc) is 2.42. The summed E-state index contributed by atoms with van der Waals surface area (Å²) in [5, 5.41) is 19.7. The molecular weight excluding hydrogens is 266 g/mol. The molecule has 0 aromatic rings. The van der Waals surface area contributed by atoms with Gasteiger partial charge in [0.25, 0.3) is 0 Å². The van der Waals surface area contributed by atoms with Gasteiger partial charge in [-0.05, 0) is 39.5 Å². The van der Waals surface area contributed by atoms with Crippen molar-refractivity contribution in [3.63, 3.8) is 0 Å². The van der Waals surface area contributed by atoms with Crippen LogP contribution in [0.5, 0.6) is 0 Å². The minimum atomic E-state index is -1.55. The largest absolute Gasteiger partial charge is 0.379 e. The van der Waals surface area contributed by atoms with Crippen LogP contribution in [0.25, 0.3) is 0 Å². The van der Waals surface area contributed by atoms with E-state index in [1.54, 1.807) is 0 Å². The molecule has 0 amide bonds. The zero-order valence-electron chi connectivity index (χ0n) is 14.0. The Kier molecular flexibility index (Phi) is 9.49. The first-order chi connectivity index (χ1) is 10.0. The van der Waals surface area contributed by atoms with Crippen molar-refractivity contribution in [2.24, 2.45) is 0 Å². The van der Waals surface area contributed by atoms with Crippen LogP contribution in [-0.2, 0) is 4.74 Å². The van der Waals surface area contributed by atoms with Gasteiger partial charge in [0.2, 0.25) is 5.91 Å². The third kappa shape index (κ3) is 8.77. The summed E-state index contributed by atoms with van der Waals surface area (Å²) in [6.07, 6.45) is 11.4. The van der Waals surface area contributed by atoms with Gasteiger partial charge in [-0.2, -0.15) is 0 Å². The van der Waals surface area contributed by atoms with E-state index in [4.69, 9.17) is 4.74 Å². The molecule has 126 valence electrons. The fourth-order valence-electron chi connectivity index (χ4n) is 2.90. The lowest BCUT2D eigenvalue weighted by Crippen LogP contribution is -2.52. The van der Waals surface area contributed by atoms with Crippen molar-refractivity contribution >= 4 is 0 Å². The van der Waals surface area contributed by atoms with Crippen molar-refractivity contribution in [2.45, 2.75) is 90.1 Å². The van der Waals surface area contributed by atoms with E-state index in [0.29, 0.717) is 12.5 Å². The summed E-state index contributed by atoms with van der Waals surface area (Å²) >= 11 is 0. The van der Waals surface area contributed by atoms with E-state index in [1.165, 1.54) is 38.5 Å². The molecule has 1 rings (SSSR count). The van der Waals surface area contributed by atoms with Gasteiger partial charge in [-0.25, -0.2) is 0 Å². The Balaban J connectivity index is 1.88. The summed E-state index contributed by atoms with van der Waals surface area (Å²) < 4.78 is 5.52. The monoisotopic (exact) mass is 301 g/mol. The number of rotatable bonds is 11. The van der Waals surface area contributed by atoms with Crippen molar-refractivity contribution < 1.29 is 14.9 Å². The summed E-state index contributed by atoms with van der Waals surface area (Å²) in [5.41, 5.74) is 0. The molecule has 0 saturated carbocycles. The van der Waals surface area contributed by atoms with E-state index in [-0.39, 0.29) is 0 Å². The maximum atomic E-state index is 9.87. The normalized spacial score (nSPS) is 19.3. The molecule has 4 nitrogen and oxygen atoms in total. The minimum Gasteiger partial charge on any atom is -0.379 e. The molecule has 0 spiro atoms.